The number of carbonyl (C=O) groups excluding carboxylic acids is 1. The molecule has 4 nitrogen and oxygen atoms in total. The lowest BCUT2D eigenvalue weighted by Gasteiger charge is -2.42. The lowest BCUT2D eigenvalue weighted by molar-refractivity contribution is 0.0742. The Morgan fingerprint density at radius 3 is 2.12 bits per heavy atom. The van der Waals surface area contributed by atoms with Gasteiger partial charge in [-0.3, -0.25) is 4.90 Å². The largest absolute Gasteiger partial charge is 0.335 e. The maximum absolute atomic E-state index is 11.8. The number of piperazine rings is 1. The summed E-state index contributed by atoms with van der Waals surface area (Å²) in [6.45, 7) is 10.4. The lowest BCUT2D eigenvalue weighted by Crippen LogP contribution is -2.56. The molecule has 1 heterocycles. The monoisotopic (exact) mass is 225 g/mol. The van der Waals surface area contributed by atoms with E-state index in [0.717, 1.165) is 39.0 Å². The topological polar surface area (TPSA) is 35.6 Å². The van der Waals surface area contributed by atoms with Crippen LogP contribution in [0.1, 0.15) is 33.6 Å². The van der Waals surface area contributed by atoms with Gasteiger partial charge in [-0.2, -0.15) is 0 Å². The molecule has 1 aliphatic carbocycles. The third-order valence-electron chi connectivity index (χ3n) is 3.42. The first-order valence-electron chi connectivity index (χ1n) is 6.27. The quantitative estimate of drug-likeness (QED) is 0.729. The number of nitrogens with zero attached hydrogens (tertiary/aromatic N) is 2. The Bertz CT molecular complexity index is 260. The van der Waals surface area contributed by atoms with E-state index in [1.54, 1.807) is 0 Å². The fourth-order valence-corrected chi connectivity index (χ4v) is 2.07. The van der Waals surface area contributed by atoms with Crippen LogP contribution >= 0.6 is 0 Å². The number of amides is 2. The van der Waals surface area contributed by atoms with E-state index in [2.05, 4.69) is 31.0 Å². The Morgan fingerprint density at radius 1 is 1.12 bits per heavy atom. The number of hydrogen-bond acceptors (Lipinski definition) is 2. The molecule has 1 aliphatic heterocycles. The zero-order chi connectivity index (χ0) is 11.8. The van der Waals surface area contributed by atoms with Gasteiger partial charge < -0.3 is 10.2 Å². The molecule has 2 aliphatic rings. The number of urea groups is 1. The highest BCUT2D eigenvalue weighted by molar-refractivity contribution is 5.75. The van der Waals surface area contributed by atoms with E-state index in [0.29, 0.717) is 6.04 Å². The molecule has 0 spiro atoms. The summed E-state index contributed by atoms with van der Waals surface area (Å²) in [5, 5.41) is 3.05. The highest BCUT2D eigenvalue weighted by atomic mass is 16.2. The second-order valence-corrected chi connectivity index (χ2v) is 5.87. The molecule has 16 heavy (non-hydrogen) atoms. The van der Waals surface area contributed by atoms with Gasteiger partial charge >= 0.3 is 6.03 Å². The van der Waals surface area contributed by atoms with E-state index >= 15 is 0 Å². The summed E-state index contributed by atoms with van der Waals surface area (Å²) >= 11 is 0. The predicted molar refractivity (Wildman–Crippen MR) is 64.5 cm³/mol. The van der Waals surface area contributed by atoms with Gasteiger partial charge in [0.15, 0.2) is 0 Å². The third-order valence-corrected chi connectivity index (χ3v) is 3.42. The van der Waals surface area contributed by atoms with Crippen molar-refractivity contribution in [3.8, 4) is 0 Å². The molecule has 0 unspecified atom stereocenters. The van der Waals surface area contributed by atoms with Crippen LogP contribution in [0, 0.1) is 0 Å². The summed E-state index contributed by atoms with van der Waals surface area (Å²) in [6, 6.07) is 0.601. The smallest absolute Gasteiger partial charge is 0.317 e. The first-order valence-corrected chi connectivity index (χ1v) is 6.27. The van der Waals surface area contributed by atoms with Gasteiger partial charge in [0.2, 0.25) is 0 Å². The van der Waals surface area contributed by atoms with Gasteiger partial charge in [0.05, 0.1) is 0 Å². The predicted octanol–water partition coefficient (Wildman–Crippen LogP) is 1.27. The van der Waals surface area contributed by atoms with Crippen LogP contribution in [0.15, 0.2) is 0 Å². The molecular formula is C12H23N3O. The van der Waals surface area contributed by atoms with Gasteiger partial charge in [0.25, 0.3) is 0 Å². The van der Waals surface area contributed by atoms with E-state index in [-0.39, 0.29) is 11.6 Å². The van der Waals surface area contributed by atoms with Crippen LogP contribution in [0.4, 0.5) is 4.79 Å². The second-order valence-electron chi connectivity index (χ2n) is 5.87. The van der Waals surface area contributed by atoms with Crippen molar-refractivity contribution in [1.29, 1.82) is 0 Å². The molecule has 1 saturated heterocycles. The Balaban J connectivity index is 1.77. The van der Waals surface area contributed by atoms with Crippen LogP contribution < -0.4 is 5.32 Å². The zero-order valence-corrected chi connectivity index (χ0v) is 10.6. The fourth-order valence-electron chi connectivity index (χ4n) is 2.07. The van der Waals surface area contributed by atoms with E-state index in [4.69, 9.17) is 0 Å². The second kappa shape index (κ2) is 4.24. The first kappa shape index (κ1) is 11.7. The molecule has 0 aromatic heterocycles. The minimum absolute atomic E-state index is 0.135. The summed E-state index contributed by atoms with van der Waals surface area (Å²) in [4.78, 5) is 16.2. The van der Waals surface area contributed by atoms with Gasteiger partial charge in [0.1, 0.15) is 0 Å². The van der Waals surface area contributed by atoms with Gasteiger partial charge in [-0.15, -0.1) is 0 Å². The Hall–Kier alpha value is -0.770. The molecule has 2 fully saturated rings. The van der Waals surface area contributed by atoms with E-state index < -0.39 is 0 Å². The molecule has 0 aromatic carbocycles. The highest BCUT2D eigenvalue weighted by Crippen LogP contribution is 2.20. The van der Waals surface area contributed by atoms with Crippen LogP contribution in [-0.2, 0) is 0 Å². The third kappa shape index (κ3) is 2.88. The number of rotatable bonds is 1. The van der Waals surface area contributed by atoms with Crippen molar-refractivity contribution >= 4 is 6.03 Å². The summed E-state index contributed by atoms with van der Waals surface area (Å²) in [6.07, 6.45) is 2.32. The van der Waals surface area contributed by atoms with E-state index in [9.17, 15) is 4.79 Å². The fraction of sp³-hybridized carbons (Fsp3) is 0.917. The van der Waals surface area contributed by atoms with Gasteiger partial charge in [-0.25, -0.2) is 4.79 Å². The van der Waals surface area contributed by atoms with Crippen LogP contribution in [-0.4, -0.2) is 53.6 Å². The number of nitrogens with one attached hydrogen (secondary N) is 1. The van der Waals surface area contributed by atoms with Gasteiger partial charge in [0, 0.05) is 37.8 Å². The Kier molecular flexibility index (Phi) is 3.10. The van der Waals surface area contributed by atoms with Crippen molar-refractivity contribution < 1.29 is 4.79 Å². The maximum Gasteiger partial charge on any atom is 0.317 e. The van der Waals surface area contributed by atoms with Gasteiger partial charge in [-0.05, 0) is 33.6 Å². The molecule has 2 rings (SSSR count). The normalized spacial score (nSPS) is 23.3. The zero-order valence-electron chi connectivity index (χ0n) is 10.6. The lowest BCUT2D eigenvalue weighted by atomic mass is 10.1. The Morgan fingerprint density at radius 2 is 1.69 bits per heavy atom. The summed E-state index contributed by atoms with van der Waals surface area (Å²) in [5.41, 5.74) is 0.221. The van der Waals surface area contributed by atoms with E-state index in [1.165, 1.54) is 0 Å². The summed E-state index contributed by atoms with van der Waals surface area (Å²) in [7, 11) is 0. The van der Waals surface area contributed by atoms with E-state index in [1.807, 2.05) is 4.90 Å². The number of hydrogen-bond donors (Lipinski definition) is 1. The first-order chi connectivity index (χ1) is 7.47. The maximum atomic E-state index is 11.8. The molecule has 0 atom stereocenters. The van der Waals surface area contributed by atoms with Crippen LogP contribution in [0.2, 0.25) is 0 Å². The number of carbonyl (C=O) groups is 1. The van der Waals surface area contributed by atoms with Crippen molar-refractivity contribution in [3.63, 3.8) is 0 Å². The summed E-state index contributed by atoms with van der Waals surface area (Å²) in [5.74, 6) is 0. The van der Waals surface area contributed by atoms with Crippen molar-refractivity contribution in [2.75, 3.05) is 26.2 Å². The Labute approximate surface area is 98.0 Å². The van der Waals surface area contributed by atoms with Crippen LogP contribution in [0.5, 0.6) is 0 Å². The molecule has 0 bridgehead atoms. The average molecular weight is 225 g/mol. The minimum Gasteiger partial charge on any atom is -0.335 e. The van der Waals surface area contributed by atoms with Crippen molar-refractivity contribution in [1.82, 2.24) is 15.1 Å². The molecule has 4 heteroatoms. The average Bonchev–Trinajstić information content (AvgIpc) is 3.00. The van der Waals surface area contributed by atoms with Crippen molar-refractivity contribution in [3.05, 3.63) is 0 Å². The van der Waals surface area contributed by atoms with Crippen LogP contribution in [0.25, 0.3) is 0 Å². The molecule has 1 N–H and O–H groups in total. The van der Waals surface area contributed by atoms with Crippen LogP contribution in [0.3, 0.4) is 0 Å². The highest BCUT2D eigenvalue weighted by Gasteiger charge is 2.30. The molecular weight excluding hydrogens is 202 g/mol. The molecule has 0 aromatic rings. The van der Waals surface area contributed by atoms with Gasteiger partial charge in [-0.1, -0.05) is 0 Å². The minimum atomic E-state index is 0.135. The van der Waals surface area contributed by atoms with Crippen molar-refractivity contribution in [2.24, 2.45) is 0 Å². The van der Waals surface area contributed by atoms with Crippen molar-refractivity contribution in [2.45, 2.75) is 45.2 Å². The molecule has 92 valence electrons. The standard InChI is InChI=1S/C12H23N3O/c1-12(2,3)15-8-6-14(7-9-15)11(16)13-10-4-5-10/h10H,4-9H2,1-3H3,(H,13,16). The molecule has 1 saturated carbocycles. The SMILES string of the molecule is CC(C)(C)N1CCN(C(=O)NC2CC2)CC1. The molecule has 0 radical (unpaired) electrons. The summed E-state index contributed by atoms with van der Waals surface area (Å²) < 4.78 is 0. The molecule has 2 amide bonds.